The Kier molecular flexibility index (Phi) is 5.64. The number of hydrogen-bond acceptors (Lipinski definition) is 6. The maximum atomic E-state index is 13.4. The summed E-state index contributed by atoms with van der Waals surface area (Å²) in [5.74, 6) is -0.728. The molecule has 3 aromatic rings. The summed E-state index contributed by atoms with van der Waals surface area (Å²) >= 11 is 0. The number of aliphatic hydroxyl groups is 1. The molecule has 1 aromatic carbocycles. The molecule has 2 aliphatic heterocycles. The van der Waals surface area contributed by atoms with Crippen molar-refractivity contribution in [2.24, 2.45) is 0 Å². The van der Waals surface area contributed by atoms with E-state index in [-0.39, 0.29) is 23.9 Å². The summed E-state index contributed by atoms with van der Waals surface area (Å²) < 4.78 is 11.0. The lowest BCUT2D eigenvalue weighted by Crippen LogP contribution is -2.40. The fourth-order valence-electron chi connectivity index (χ4n) is 4.91. The number of ketones is 1. The lowest BCUT2D eigenvalue weighted by atomic mass is 9.94. The maximum Gasteiger partial charge on any atom is 0.290 e. The Morgan fingerprint density at radius 1 is 1.09 bits per heavy atom. The van der Waals surface area contributed by atoms with Gasteiger partial charge in [0.05, 0.1) is 30.2 Å². The van der Waals surface area contributed by atoms with Crippen molar-refractivity contribution >= 4 is 11.7 Å². The quantitative estimate of drug-likeness (QED) is 0.534. The summed E-state index contributed by atoms with van der Waals surface area (Å²) in [7, 11) is 0. The van der Waals surface area contributed by atoms with E-state index < -0.39 is 23.5 Å². The zero-order chi connectivity index (χ0) is 22.9. The van der Waals surface area contributed by atoms with Gasteiger partial charge in [0.2, 0.25) is 5.78 Å². The highest BCUT2D eigenvalue weighted by molar-refractivity contribution is 6.15. The molecule has 0 spiro atoms. The first-order valence-electron chi connectivity index (χ1n) is 11.2. The Morgan fingerprint density at radius 3 is 2.52 bits per heavy atom. The fourth-order valence-corrected chi connectivity index (χ4v) is 4.91. The standard InChI is InChI=1S/C26H26N2O5/c1-17-7-4-8-18(15-17)23-22(24(29)21-10-6-14-33-21)25(30)26(31)28(23)16-19(20-9-5-13-32-20)27-11-2-3-12-27/h4-10,13-15,19,23,30H,2-3,11-12,16H2,1H3. The van der Waals surface area contributed by atoms with Crippen LogP contribution in [0.5, 0.6) is 0 Å². The predicted octanol–water partition coefficient (Wildman–Crippen LogP) is 4.60. The number of aliphatic hydroxyl groups excluding tert-OH is 1. The summed E-state index contributed by atoms with van der Waals surface area (Å²) in [6.45, 7) is 4.04. The second-order valence-corrected chi connectivity index (χ2v) is 8.62. The van der Waals surface area contributed by atoms with Gasteiger partial charge in [-0.25, -0.2) is 0 Å². The molecule has 33 heavy (non-hydrogen) atoms. The molecule has 5 rings (SSSR count). The van der Waals surface area contributed by atoms with Gasteiger partial charge in [-0.05, 0) is 62.7 Å². The highest BCUT2D eigenvalue weighted by atomic mass is 16.3. The lowest BCUT2D eigenvalue weighted by Gasteiger charge is -2.33. The van der Waals surface area contributed by atoms with Crippen LogP contribution in [0, 0.1) is 6.92 Å². The van der Waals surface area contributed by atoms with Crippen LogP contribution in [0.2, 0.25) is 0 Å². The lowest BCUT2D eigenvalue weighted by molar-refractivity contribution is -0.130. The molecule has 0 saturated carbocycles. The highest BCUT2D eigenvalue weighted by Crippen LogP contribution is 2.41. The number of Topliss-reactive ketones (excluding diaryl/α,β-unsaturated/α-hetero) is 1. The number of likely N-dealkylation sites (tertiary alicyclic amines) is 1. The first kappa shape index (κ1) is 21.3. The molecule has 2 unspecified atom stereocenters. The highest BCUT2D eigenvalue weighted by Gasteiger charge is 2.46. The molecule has 170 valence electrons. The Bertz CT molecular complexity index is 1170. The largest absolute Gasteiger partial charge is 0.503 e. The molecule has 7 heteroatoms. The van der Waals surface area contributed by atoms with Crippen LogP contribution >= 0.6 is 0 Å². The second-order valence-electron chi connectivity index (χ2n) is 8.62. The third kappa shape index (κ3) is 3.89. The molecule has 2 aromatic heterocycles. The number of amides is 1. The average Bonchev–Trinajstić information content (AvgIpc) is 3.61. The van der Waals surface area contributed by atoms with Gasteiger partial charge in [-0.15, -0.1) is 0 Å². The molecule has 0 aliphatic carbocycles. The Balaban J connectivity index is 1.57. The van der Waals surface area contributed by atoms with Gasteiger partial charge in [0, 0.05) is 6.54 Å². The van der Waals surface area contributed by atoms with Crippen LogP contribution in [0.1, 0.15) is 52.4 Å². The van der Waals surface area contributed by atoms with Crippen LogP contribution in [0.15, 0.2) is 81.2 Å². The van der Waals surface area contributed by atoms with Crippen molar-refractivity contribution in [1.29, 1.82) is 0 Å². The van der Waals surface area contributed by atoms with Gasteiger partial charge in [-0.2, -0.15) is 0 Å². The predicted molar refractivity (Wildman–Crippen MR) is 121 cm³/mol. The van der Waals surface area contributed by atoms with Crippen LogP contribution in [-0.4, -0.2) is 46.2 Å². The summed E-state index contributed by atoms with van der Waals surface area (Å²) in [5.41, 5.74) is 1.81. The normalized spacial score (nSPS) is 20.1. The van der Waals surface area contributed by atoms with Gasteiger partial charge in [0.15, 0.2) is 11.5 Å². The number of rotatable bonds is 7. The Morgan fingerprint density at radius 2 is 1.85 bits per heavy atom. The number of carbonyl (C=O) groups is 2. The van der Waals surface area contributed by atoms with E-state index in [9.17, 15) is 14.7 Å². The minimum Gasteiger partial charge on any atom is -0.503 e. The molecule has 1 N–H and O–H groups in total. The molecule has 1 amide bonds. The van der Waals surface area contributed by atoms with E-state index in [0.29, 0.717) is 0 Å². The van der Waals surface area contributed by atoms with Crippen molar-refractivity contribution in [1.82, 2.24) is 9.80 Å². The zero-order valence-corrected chi connectivity index (χ0v) is 18.4. The molecule has 2 atom stereocenters. The number of aryl methyl sites for hydroxylation is 1. The molecule has 2 aliphatic rings. The monoisotopic (exact) mass is 446 g/mol. The second kappa shape index (κ2) is 8.75. The first-order chi connectivity index (χ1) is 16.0. The zero-order valence-electron chi connectivity index (χ0n) is 18.4. The minimum atomic E-state index is -0.727. The molecule has 1 fully saturated rings. The fraction of sp³-hybridized carbons (Fsp3) is 0.308. The maximum absolute atomic E-state index is 13.4. The van der Waals surface area contributed by atoms with E-state index in [0.717, 1.165) is 42.8 Å². The van der Waals surface area contributed by atoms with Gasteiger partial charge < -0.3 is 18.8 Å². The van der Waals surface area contributed by atoms with E-state index in [1.165, 1.54) is 6.26 Å². The van der Waals surface area contributed by atoms with Crippen molar-refractivity contribution in [3.05, 3.63) is 95.0 Å². The van der Waals surface area contributed by atoms with Crippen LogP contribution in [0.3, 0.4) is 0 Å². The molecular formula is C26H26N2O5. The SMILES string of the molecule is Cc1cccc(C2C(C(=O)c3ccco3)=C(O)C(=O)N2CC(c2ccco2)N2CCCC2)c1. The molecule has 0 bridgehead atoms. The van der Waals surface area contributed by atoms with E-state index in [2.05, 4.69) is 4.90 Å². The van der Waals surface area contributed by atoms with Gasteiger partial charge in [-0.1, -0.05) is 29.8 Å². The van der Waals surface area contributed by atoms with Crippen molar-refractivity contribution in [2.45, 2.75) is 31.8 Å². The third-order valence-corrected chi connectivity index (χ3v) is 6.47. The van der Waals surface area contributed by atoms with E-state index in [4.69, 9.17) is 8.83 Å². The van der Waals surface area contributed by atoms with Crippen molar-refractivity contribution < 1.29 is 23.5 Å². The Hall–Kier alpha value is -3.58. The van der Waals surface area contributed by atoms with Gasteiger partial charge in [-0.3, -0.25) is 14.5 Å². The van der Waals surface area contributed by atoms with E-state index in [1.807, 2.05) is 43.3 Å². The molecular weight excluding hydrogens is 420 g/mol. The molecule has 1 saturated heterocycles. The molecule has 7 nitrogen and oxygen atoms in total. The molecule has 0 radical (unpaired) electrons. The number of nitrogens with zero attached hydrogens (tertiary/aromatic N) is 2. The summed E-state index contributed by atoms with van der Waals surface area (Å²) in [4.78, 5) is 30.6. The number of carbonyl (C=O) groups excluding carboxylic acids is 2. The smallest absolute Gasteiger partial charge is 0.290 e. The topological polar surface area (TPSA) is 87.1 Å². The van der Waals surface area contributed by atoms with Crippen molar-refractivity contribution in [3.8, 4) is 0 Å². The van der Waals surface area contributed by atoms with Crippen LogP contribution in [0.25, 0.3) is 0 Å². The van der Waals surface area contributed by atoms with Crippen molar-refractivity contribution in [2.75, 3.05) is 19.6 Å². The van der Waals surface area contributed by atoms with Crippen LogP contribution in [0.4, 0.5) is 0 Å². The summed E-state index contributed by atoms with van der Waals surface area (Å²) in [6.07, 6.45) is 5.20. The molecule has 4 heterocycles. The number of furan rings is 2. The first-order valence-corrected chi connectivity index (χ1v) is 11.2. The summed E-state index contributed by atoms with van der Waals surface area (Å²) in [6, 6.07) is 13.7. The van der Waals surface area contributed by atoms with Gasteiger partial charge in [0.25, 0.3) is 5.91 Å². The van der Waals surface area contributed by atoms with E-state index >= 15 is 0 Å². The Labute approximate surface area is 191 Å². The third-order valence-electron chi connectivity index (χ3n) is 6.47. The van der Waals surface area contributed by atoms with Crippen LogP contribution in [-0.2, 0) is 4.79 Å². The average molecular weight is 447 g/mol. The van der Waals surface area contributed by atoms with Crippen molar-refractivity contribution in [3.63, 3.8) is 0 Å². The van der Waals surface area contributed by atoms with Gasteiger partial charge in [0.1, 0.15) is 5.76 Å². The van der Waals surface area contributed by atoms with Gasteiger partial charge >= 0.3 is 0 Å². The number of benzene rings is 1. The van der Waals surface area contributed by atoms with Crippen LogP contribution < -0.4 is 0 Å². The number of hydrogen-bond donors (Lipinski definition) is 1. The minimum absolute atomic E-state index is 0.0418. The van der Waals surface area contributed by atoms with E-state index in [1.54, 1.807) is 23.3 Å². The summed E-state index contributed by atoms with van der Waals surface area (Å²) in [5, 5.41) is 10.9.